The first-order valence-corrected chi connectivity index (χ1v) is 7.00. The third kappa shape index (κ3) is 2.90. The standard InChI is InChI=1S/C16H25N/c1-4-13-6-5-7-14(11-13)16(17-3)15-9-8-12(2)10-15/h5-7,11-12,15-17H,4,8-10H2,1-3H3. The van der Waals surface area contributed by atoms with Crippen molar-refractivity contribution in [2.45, 2.75) is 45.6 Å². The van der Waals surface area contributed by atoms with Gasteiger partial charge in [-0.2, -0.15) is 0 Å². The van der Waals surface area contributed by atoms with E-state index < -0.39 is 0 Å². The van der Waals surface area contributed by atoms with Gasteiger partial charge in [-0.15, -0.1) is 0 Å². The molecule has 0 aliphatic heterocycles. The summed E-state index contributed by atoms with van der Waals surface area (Å²) >= 11 is 0. The second-order valence-corrected chi connectivity index (χ2v) is 5.54. The lowest BCUT2D eigenvalue weighted by Crippen LogP contribution is -2.23. The summed E-state index contributed by atoms with van der Waals surface area (Å²) in [7, 11) is 2.10. The van der Waals surface area contributed by atoms with Crippen LogP contribution in [0.25, 0.3) is 0 Å². The van der Waals surface area contributed by atoms with Gasteiger partial charge in [0.1, 0.15) is 0 Å². The SMILES string of the molecule is CCc1cccc(C(NC)C2CCC(C)C2)c1. The molecule has 17 heavy (non-hydrogen) atoms. The molecule has 1 saturated carbocycles. The van der Waals surface area contributed by atoms with Gasteiger partial charge in [0.2, 0.25) is 0 Å². The average Bonchev–Trinajstić information content (AvgIpc) is 2.77. The Bertz CT molecular complexity index is 358. The maximum absolute atomic E-state index is 3.53. The molecule has 1 aliphatic carbocycles. The van der Waals surface area contributed by atoms with Crippen LogP contribution < -0.4 is 5.32 Å². The van der Waals surface area contributed by atoms with E-state index in [-0.39, 0.29) is 0 Å². The van der Waals surface area contributed by atoms with Crippen molar-refractivity contribution >= 4 is 0 Å². The summed E-state index contributed by atoms with van der Waals surface area (Å²) in [4.78, 5) is 0. The van der Waals surface area contributed by atoms with Crippen LogP contribution in [0, 0.1) is 11.8 Å². The number of hydrogen-bond donors (Lipinski definition) is 1. The Morgan fingerprint density at radius 1 is 1.35 bits per heavy atom. The van der Waals surface area contributed by atoms with Crippen LogP contribution in [0.3, 0.4) is 0 Å². The Kier molecular flexibility index (Phi) is 4.22. The first kappa shape index (κ1) is 12.6. The second kappa shape index (κ2) is 5.68. The van der Waals surface area contributed by atoms with E-state index in [0.29, 0.717) is 6.04 Å². The highest BCUT2D eigenvalue weighted by atomic mass is 14.9. The predicted molar refractivity (Wildman–Crippen MR) is 74.1 cm³/mol. The molecule has 2 rings (SSSR count). The fourth-order valence-electron chi connectivity index (χ4n) is 3.23. The Morgan fingerprint density at radius 3 is 2.76 bits per heavy atom. The summed E-state index contributed by atoms with van der Waals surface area (Å²) in [6, 6.07) is 9.64. The quantitative estimate of drug-likeness (QED) is 0.827. The zero-order valence-corrected chi connectivity index (χ0v) is 11.4. The lowest BCUT2D eigenvalue weighted by molar-refractivity contribution is 0.379. The highest BCUT2D eigenvalue weighted by molar-refractivity contribution is 5.26. The van der Waals surface area contributed by atoms with Crippen molar-refractivity contribution < 1.29 is 0 Å². The number of hydrogen-bond acceptors (Lipinski definition) is 1. The van der Waals surface area contributed by atoms with Crippen LogP contribution in [0.4, 0.5) is 0 Å². The van der Waals surface area contributed by atoms with Crippen LogP contribution in [0.1, 0.15) is 50.3 Å². The molecule has 94 valence electrons. The van der Waals surface area contributed by atoms with Gasteiger partial charge in [-0.1, -0.05) is 44.5 Å². The van der Waals surface area contributed by atoms with E-state index in [2.05, 4.69) is 50.5 Å². The number of nitrogens with one attached hydrogen (secondary N) is 1. The minimum atomic E-state index is 0.548. The van der Waals surface area contributed by atoms with Gasteiger partial charge in [0.15, 0.2) is 0 Å². The Balaban J connectivity index is 2.16. The maximum atomic E-state index is 3.53. The van der Waals surface area contributed by atoms with Gasteiger partial charge in [0, 0.05) is 6.04 Å². The van der Waals surface area contributed by atoms with Crippen LogP contribution in [0.2, 0.25) is 0 Å². The van der Waals surface area contributed by atoms with E-state index >= 15 is 0 Å². The van der Waals surface area contributed by atoms with Crippen molar-refractivity contribution in [1.82, 2.24) is 5.32 Å². The molecule has 0 heterocycles. The predicted octanol–water partition coefficient (Wildman–Crippen LogP) is 3.95. The van der Waals surface area contributed by atoms with E-state index in [0.717, 1.165) is 18.3 Å². The molecule has 0 radical (unpaired) electrons. The van der Waals surface area contributed by atoms with E-state index in [4.69, 9.17) is 0 Å². The number of rotatable bonds is 4. The molecule has 0 bridgehead atoms. The summed E-state index contributed by atoms with van der Waals surface area (Å²) in [5, 5.41) is 3.53. The molecular formula is C16H25N. The number of benzene rings is 1. The molecule has 1 aliphatic rings. The van der Waals surface area contributed by atoms with Crippen molar-refractivity contribution in [2.24, 2.45) is 11.8 Å². The fourth-order valence-corrected chi connectivity index (χ4v) is 3.23. The minimum absolute atomic E-state index is 0.548. The zero-order valence-electron chi connectivity index (χ0n) is 11.4. The molecule has 3 atom stereocenters. The molecule has 1 aromatic carbocycles. The van der Waals surface area contributed by atoms with Gasteiger partial charge in [0.25, 0.3) is 0 Å². The smallest absolute Gasteiger partial charge is 0.0346 e. The van der Waals surface area contributed by atoms with Gasteiger partial charge in [-0.25, -0.2) is 0 Å². The summed E-state index contributed by atoms with van der Waals surface area (Å²) in [6.07, 6.45) is 5.28. The first-order valence-electron chi connectivity index (χ1n) is 7.00. The summed E-state index contributed by atoms with van der Waals surface area (Å²) in [5.41, 5.74) is 2.93. The molecule has 0 saturated heterocycles. The molecule has 0 amide bonds. The Labute approximate surface area is 106 Å². The normalized spacial score (nSPS) is 26.1. The van der Waals surface area contributed by atoms with Gasteiger partial charge in [0.05, 0.1) is 0 Å². The molecule has 0 aromatic heterocycles. The molecule has 1 N–H and O–H groups in total. The van der Waals surface area contributed by atoms with Crippen LogP contribution in [-0.4, -0.2) is 7.05 Å². The van der Waals surface area contributed by atoms with E-state index in [9.17, 15) is 0 Å². The molecule has 1 aromatic rings. The second-order valence-electron chi connectivity index (χ2n) is 5.54. The zero-order chi connectivity index (χ0) is 12.3. The van der Waals surface area contributed by atoms with Crippen LogP contribution in [0.15, 0.2) is 24.3 Å². The van der Waals surface area contributed by atoms with E-state index in [1.807, 2.05) is 0 Å². The van der Waals surface area contributed by atoms with Crippen molar-refractivity contribution in [2.75, 3.05) is 7.05 Å². The van der Waals surface area contributed by atoms with Crippen molar-refractivity contribution in [3.05, 3.63) is 35.4 Å². The third-order valence-corrected chi connectivity index (χ3v) is 4.24. The summed E-state index contributed by atoms with van der Waals surface area (Å²) < 4.78 is 0. The number of aryl methyl sites for hydroxylation is 1. The van der Waals surface area contributed by atoms with Crippen LogP contribution in [-0.2, 0) is 6.42 Å². The first-order chi connectivity index (χ1) is 8.24. The lowest BCUT2D eigenvalue weighted by atomic mass is 9.90. The van der Waals surface area contributed by atoms with Crippen molar-refractivity contribution in [3.63, 3.8) is 0 Å². The van der Waals surface area contributed by atoms with Crippen molar-refractivity contribution in [1.29, 1.82) is 0 Å². The van der Waals surface area contributed by atoms with Gasteiger partial charge in [-0.05, 0) is 49.3 Å². The molecular weight excluding hydrogens is 206 g/mol. The lowest BCUT2D eigenvalue weighted by Gasteiger charge is -2.24. The van der Waals surface area contributed by atoms with Gasteiger partial charge in [-0.3, -0.25) is 0 Å². The monoisotopic (exact) mass is 231 g/mol. The molecule has 1 heteroatoms. The average molecular weight is 231 g/mol. The van der Waals surface area contributed by atoms with Crippen LogP contribution >= 0.6 is 0 Å². The molecule has 1 nitrogen and oxygen atoms in total. The summed E-state index contributed by atoms with van der Waals surface area (Å²) in [6.45, 7) is 4.61. The Morgan fingerprint density at radius 2 is 2.18 bits per heavy atom. The Hall–Kier alpha value is -0.820. The third-order valence-electron chi connectivity index (χ3n) is 4.24. The maximum Gasteiger partial charge on any atom is 0.0346 e. The van der Waals surface area contributed by atoms with Crippen molar-refractivity contribution in [3.8, 4) is 0 Å². The van der Waals surface area contributed by atoms with Gasteiger partial charge >= 0.3 is 0 Å². The highest BCUT2D eigenvalue weighted by Gasteiger charge is 2.28. The molecule has 0 spiro atoms. The molecule has 3 unspecified atom stereocenters. The molecule has 1 fully saturated rings. The van der Waals surface area contributed by atoms with Gasteiger partial charge < -0.3 is 5.32 Å². The van der Waals surface area contributed by atoms with E-state index in [1.54, 1.807) is 0 Å². The largest absolute Gasteiger partial charge is 0.313 e. The topological polar surface area (TPSA) is 12.0 Å². The minimum Gasteiger partial charge on any atom is -0.313 e. The fraction of sp³-hybridized carbons (Fsp3) is 0.625. The van der Waals surface area contributed by atoms with Crippen LogP contribution in [0.5, 0.6) is 0 Å². The highest BCUT2D eigenvalue weighted by Crippen LogP contribution is 2.38. The van der Waals surface area contributed by atoms with E-state index in [1.165, 1.54) is 30.4 Å². The summed E-state index contributed by atoms with van der Waals surface area (Å²) in [5.74, 6) is 1.73.